The van der Waals surface area contributed by atoms with Crippen molar-refractivity contribution in [2.24, 2.45) is 5.10 Å². The quantitative estimate of drug-likeness (QED) is 0.229. The van der Waals surface area contributed by atoms with Crippen molar-refractivity contribution in [1.82, 2.24) is 9.99 Å². The maximum absolute atomic E-state index is 12.4. The van der Waals surface area contributed by atoms with Gasteiger partial charge in [0.15, 0.2) is 5.76 Å². The van der Waals surface area contributed by atoms with E-state index in [1.165, 1.54) is 48.7 Å². The van der Waals surface area contributed by atoms with E-state index >= 15 is 0 Å². The van der Waals surface area contributed by atoms with Gasteiger partial charge in [0, 0.05) is 34.5 Å². The first-order chi connectivity index (χ1) is 16.2. The summed E-state index contributed by atoms with van der Waals surface area (Å²) >= 11 is 6.31. The van der Waals surface area contributed by atoms with Crippen LogP contribution < -0.4 is 5.43 Å². The van der Waals surface area contributed by atoms with Crippen LogP contribution in [0.15, 0.2) is 58.0 Å². The van der Waals surface area contributed by atoms with Crippen LogP contribution in [0, 0.1) is 24.0 Å². The zero-order valence-corrected chi connectivity index (χ0v) is 18.7. The number of carbonyl (C=O) groups is 2. The normalized spacial score (nSPS) is 11.3. The van der Waals surface area contributed by atoms with Gasteiger partial charge in [-0.15, -0.1) is 0 Å². The Balaban J connectivity index is 1.56. The lowest BCUT2D eigenvalue weighted by molar-refractivity contribution is -0.384. The second-order valence-corrected chi connectivity index (χ2v) is 7.83. The average Bonchev–Trinajstić information content (AvgIpc) is 3.34. The molecule has 0 bridgehead atoms. The third kappa shape index (κ3) is 4.26. The van der Waals surface area contributed by atoms with Crippen LogP contribution in [-0.4, -0.2) is 32.7 Å². The van der Waals surface area contributed by atoms with Gasteiger partial charge in [-0.05, 0) is 50.2 Å². The molecule has 10 nitrogen and oxygen atoms in total. The second-order valence-electron chi connectivity index (χ2n) is 7.42. The summed E-state index contributed by atoms with van der Waals surface area (Å²) in [5.74, 6) is -1.73. The number of fused-ring (bicyclic) bond motifs is 1. The zero-order chi connectivity index (χ0) is 24.6. The van der Waals surface area contributed by atoms with E-state index in [2.05, 4.69) is 10.5 Å². The molecule has 0 saturated heterocycles. The van der Waals surface area contributed by atoms with Gasteiger partial charge in [0.1, 0.15) is 5.58 Å². The van der Waals surface area contributed by atoms with Gasteiger partial charge in [-0.1, -0.05) is 11.6 Å². The summed E-state index contributed by atoms with van der Waals surface area (Å²) in [7, 11) is 0. The highest BCUT2D eigenvalue weighted by atomic mass is 35.5. The molecule has 172 valence electrons. The number of aromatic nitrogens is 1. The van der Waals surface area contributed by atoms with Crippen LogP contribution >= 0.6 is 11.6 Å². The molecule has 0 unspecified atom stereocenters. The summed E-state index contributed by atoms with van der Waals surface area (Å²) < 4.78 is 7.24. The van der Waals surface area contributed by atoms with E-state index in [0.29, 0.717) is 27.2 Å². The van der Waals surface area contributed by atoms with Gasteiger partial charge in [0.05, 0.1) is 27.4 Å². The van der Waals surface area contributed by atoms with E-state index in [0.717, 1.165) is 11.4 Å². The Bertz CT molecular complexity index is 1500. The number of carbonyl (C=O) groups excluding carboxylic acids is 1. The fourth-order valence-electron chi connectivity index (χ4n) is 3.58. The van der Waals surface area contributed by atoms with Crippen LogP contribution in [0.2, 0.25) is 5.02 Å². The van der Waals surface area contributed by atoms with Gasteiger partial charge < -0.3 is 14.1 Å². The SMILES string of the molecule is Cc1cc(/C=N/NC(=O)c2cc3cc([N+](=O)[O-])ccc3o2)c(C)n1-c1cc(C(=O)O)ccc1Cl. The predicted molar refractivity (Wildman–Crippen MR) is 125 cm³/mol. The fraction of sp³-hybridized carbons (Fsp3) is 0.0870. The molecule has 0 radical (unpaired) electrons. The van der Waals surface area contributed by atoms with Crippen molar-refractivity contribution in [2.45, 2.75) is 13.8 Å². The number of halogens is 1. The first kappa shape index (κ1) is 22.7. The van der Waals surface area contributed by atoms with Crippen molar-refractivity contribution in [3.8, 4) is 5.69 Å². The summed E-state index contributed by atoms with van der Waals surface area (Å²) in [6.45, 7) is 3.65. The summed E-state index contributed by atoms with van der Waals surface area (Å²) in [5.41, 5.74) is 5.40. The van der Waals surface area contributed by atoms with Gasteiger partial charge in [-0.25, -0.2) is 10.2 Å². The summed E-state index contributed by atoms with van der Waals surface area (Å²) in [5, 5.41) is 25.0. The Morgan fingerprint density at radius 3 is 2.65 bits per heavy atom. The molecule has 0 spiro atoms. The van der Waals surface area contributed by atoms with Crippen LogP contribution in [-0.2, 0) is 0 Å². The third-order valence-corrected chi connectivity index (χ3v) is 5.53. The second kappa shape index (κ2) is 8.83. The number of hydrazone groups is 1. The Morgan fingerprint density at radius 1 is 1.18 bits per heavy atom. The zero-order valence-electron chi connectivity index (χ0n) is 17.9. The minimum atomic E-state index is -1.06. The summed E-state index contributed by atoms with van der Waals surface area (Å²) in [6.07, 6.45) is 1.44. The Morgan fingerprint density at radius 2 is 1.94 bits per heavy atom. The molecular weight excluding hydrogens is 464 g/mol. The molecule has 0 atom stereocenters. The number of benzene rings is 2. The monoisotopic (exact) mass is 480 g/mol. The molecule has 2 aromatic heterocycles. The predicted octanol–water partition coefficient (Wildman–Crippen LogP) is 4.86. The molecule has 2 N–H and O–H groups in total. The number of non-ortho nitro benzene ring substituents is 1. The largest absolute Gasteiger partial charge is 0.478 e. The lowest BCUT2D eigenvalue weighted by Crippen LogP contribution is -2.16. The number of nitro groups is 1. The number of nitro benzene ring substituents is 1. The van der Waals surface area contributed by atoms with Crippen molar-refractivity contribution in [1.29, 1.82) is 0 Å². The molecule has 4 rings (SSSR count). The van der Waals surface area contributed by atoms with Crippen LogP contribution in [0.3, 0.4) is 0 Å². The molecule has 1 amide bonds. The van der Waals surface area contributed by atoms with Gasteiger partial charge >= 0.3 is 11.9 Å². The standard InChI is InChI=1S/C23H17ClN4O6/c1-12-7-16(13(2)27(12)19-9-14(23(30)31)3-5-18(19)24)11-25-26-22(29)21-10-15-8-17(28(32)33)4-6-20(15)34-21/h3-11H,1-2H3,(H,26,29)(H,30,31)/b25-11+. The van der Waals surface area contributed by atoms with Crippen molar-refractivity contribution < 1.29 is 24.0 Å². The van der Waals surface area contributed by atoms with Crippen molar-refractivity contribution in [2.75, 3.05) is 0 Å². The number of carboxylic acid groups (broad SMARTS) is 1. The molecule has 2 aromatic carbocycles. The third-order valence-electron chi connectivity index (χ3n) is 5.21. The molecule has 11 heteroatoms. The molecule has 0 aliphatic carbocycles. The molecule has 0 fully saturated rings. The molecule has 2 heterocycles. The number of hydrogen-bond donors (Lipinski definition) is 2. The highest BCUT2D eigenvalue weighted by molar-refractivity contribution is 6.32. The van der Waals surface area contributed by atoms with Crippen LogP contribution in [0.4, 0.5) is 5.69 Å². The van der Waals surface area contributed by atoms with E-state index in [-0.39, 0.29) is 17.0 Å². The van der Waals surface area contributed by atoms with Gasteiger partial charge in [-0.3, -0.25) is 14.9 Å². The maximum Gasteiger partial charge on any atom is 0.335 e. The lowest BCUT2D eigenvalue weighted by atomic mass is 10.2. The van der Waals surface area contributed by atoms with E-state index in [4.69, 9.17) is 16.0 Å². The van der Waals surface area contributed by atoms with Crippen LogP contribution in [0.1, 0.15) is 37.9 Å². The number of rotatable bonds is 6. The minimum absolute atomic E-state index is 0.0459. The van der Waals surface area contributed by atoms with Crippen molar-refractivity contribution in [3.05, 3.63) is 91.9 Å². The Hall–Kier alpha value is -4.44. The van der Waals surface area contributed by atoms with Crippen LogP contribution in [0.25, 0.3) is 16.7 Å². The van der Waals surface area contributed by atoms with E-state index < -0.39 is 16.8 Å². The van der Waals surface area contributed by atoms with Gasteiger partial charge in [0.2, 0.25) is 0 Å². The number of nitrogens with one attached hydrogen (secondary N) is 1. The van der Waals surface area contributed by atoms with Gasteiger partial charge in [-0.2, -0.15) is 5.10 Å². The van der Waals surface area contributed by atoms with Crippen molar-refractivity contribution >= 4 is 46.3 Å². The number of nitrogens with zero attached hydrogens (tertiary/aromatic N) is 3. The Labute approximate surface area is 197 Å². The highest BCUT2D eigenvalue weighted by Crippen LogP contribution is 2.27. The number of hydrogen-bond acceptors (Lipinski definition) is 6. The number of amides is 1. The summed E-state index contributed by atoms with van der Waals surface area (Å²) in [4.78, 5) is 34.1. The molecule has 4 aromatic rings. The number of furan rings is 1. The number of aromatic carboxylic acids is 1. The summed E-state index contributed by atoms with van der Waals surface area (Å²) in [6, 6.07) is 11.7. The van der Waals surface area contributed by atoms with Crippen molar-refractivity contribution in [3.63, 3.8) is 0 Å². The molecule has 0 saturated carbocycles. The lowest BCUT2D eigenvalue weighted by Gasteiger charge is -2.12. The molecule has 0 aliphatic heterocycles. The first-order valence-corrected chi connectivity index (χ1v) is 10.3. The number of aryl methyl sites for hydroxylation is 1. The fourth-order valence-corrected chi connectivity index (χ4v) is 3.78. The van der Waals surface area contributed by atoms with Crippen LogP contribution in [0.5, 0.6) is 0 Å². The van der Waals surface area contributed by atoms with Gasteiger partial charge in [0.25, 0.3) is 5.69 Å². The van der Waals surface area contributed by atoms with E-state index in [1.54, 1.807) is 4.57 Å². The van der Waals surface area contributed by atoms with E-state index in [1.807, 2.05) is 19.9 Å². The molecular formula is C23H17ClN4O6. The molecule has 0 aliphatic rings. The highest BCUT2D eigenvalue weighted by Gasteiger charge is 2.16. The average molecular weight is 481 g/mol. The Kier molecular flexibility index (Phi) is 5.91. The minimum Gasteiger partial charge on any atom is -0.478 e. The topological polar surface area (TPSA) is 140 Å². The smallest absolute Gasteiger partial charge is 0.335 e. The number of carboxylic acids is 1. The first-order valence-electron chi connectivity index (χ1n) is 9.89. The maximum atomic E-state index is 12.4. The van der Waals surface area contributed by atoms with E-state index in [9.17, 15) is 24.8 Å². The molecule has 34 heavy (non-hydrogen) atoms.